The van der Waals surface area contributed by atoms with Crippen LogP contribution in [0.15, 0.2) is 18.3 Å². The van der Waals surface area contributed by atoms with Crippen molar-refractivity contribution in [1.29, 1.82) is 0 Å². The van der Waals surface area contributed by atoms with Gasteiger partial charge in [-0.1, -0.05) is 12.5 Å². The SMILES string of the molecule is O=C(NCCN1CCCCC1)NCc1ccc(N2CCOCC2)nc1. The number of carbonyl (C=O) groups excluding carboxylic acids is 1. The molecule has 0 saturated carbocycles. The molecule has 2 fully saturated rings. The lowest BCUT2D eigenvalue weighted by Gasteiger charge is -2.27. The molecular formula is C18H29N5O2. The Hall–Kier alpha value is -1.86. The Bertz CT molecular complexity index is 525. The quantitative estimate of drug-likeness (QED) is 0.809. The molecule has 25 heavy (non-hydrogen) atoms. The molecule has 0 aliphatic carbocycles. The summed E-state index contributed by atoms with van der Waals surface area (Å²) in [6.07, 6.45) is 5.72. The minimum absolute atomic E-state index is 0.116. The molecule has 7 heteroatoms. The summed E-state index contributed by atoms with van der Waals surface area (Å²) in [6, 6.07) is 3.91. The van der Waals surface area contributed by atoms with E-state index in [4.69, 9.17) is 4.74 Å². The lowest BCUT2D eigenvalue weighted by atomic mass is 10.1. The average molecular weight is 347 g/mol. The van der Waals surface area contributed by atoms with E-state index in [0.29, 0.717) is 13.1 Å². The second-order valence-corrected chi connectivity index (χ2v) is 6.64. The van der Waals surface area contributed by atoms with Crippen molar-refractivity contribution in [2.75, 3.05) is 57.4 Å². The van der Waals surface area contributed by atoms with Gasteiger partial charge >= 0.3 is 6.03 Å². The van der Waals surface area contributed by atoms with Crippen LogP contribution in [0.5, 0.6) is 0 Å². The van der Waals surface area contributed by atoms with Gasteiger partial charge in [0.2, 0.25) is 0 Å². The molecule has 2 amide bonds. The smallest absolute Gasteiger partial charge is 0.315 e. The second-order valence-electron chi connectivity index (χ2n) is 6.64. The molecule has 138 valence electrons. The summed E-state index contributed by atoms with van der Waals surface area (Å²) >= 11 is 0. The molecule has 0 spiro atoms. The van der Waals surface area contributed by atoms with Gasteiger partial charge in [-0.05, 0) is 37.6 Å². The number of likely N-dealkylation sites (tertiary alicyclic amines) is 1. The summed E-state index contributed by atoms with van der Waals surface area (Å²) in [5.74, 6) is 0.970. The molecule has 3 rings (SSSR count). The molecule has 3 heterocycles. The topological polar surface area (TPSA) is 69.7 Å². The maximum atomic E-state index is 11.9. The van der Waals surface area contributed by atoms with Crippen LogP contribution in [0.2, 0.25) is 0 Å². The van der Waals surface area contributed by atoms with Crippen LogP contribution >= 0.6 is 0 Å². The molecule has 2 aliphatic rings. The van der Waals surface area contributed by atoms with Crippen LogP contribution in [0.1, 0.15) is 24.8 Å². The summed E-state index contributed by atoms with van der Waals surface area (Å²) in [4.78, 5) is 21.0. The Kier molecular flexibility index (Phi) is 6.88. The van der Waals surface area contributed by atoms with E-state index in [2.05, 4.69) is 25.4 Å². The normalized spacial score (nSPS) is 18.8. The van der Waals surface area contributed by atoms with Crippen molar-refractivity contribution in [2.45, 2.75) is 25.8 Å². The third kappa shape index (κ3) is 5.86. The number of carbonyl (C=O) groups is 1. The van der Waals surface area contributed by atoms with Crippen LogP contribution in [0.3, 0.4) is 0 Å². The van der Waals surface area contributed by atoms with Gasteiger partial charge in [-0.15, -0.1) is 0 Å². The fourth-order valence-corrected chi connectivity index (χ4v) is 3.26. The molecule has 1 aromatic heterocycles. The van der Waals surface area contributed by atoms with Gasteiger partial charge < -0.3 is 25.2 Å². The van der Waals surface area contributed by atoms with E-state index in [1.54, 1.807) is 0 Å². The van der Waals surface area contributed by atoms with Crippen molar-refractivity contribution < 1.29 is 9.53 Å². The molecule has 2 saturated heterocycles. The molecule has 0 bridgehead atoms. The highest BCUT2D eigenvalue weighted by Crippen LogP contribution is 2.13. The number of hydrogen-bond acceptors (Lipinski definition) is 5. The van der Waals surface area contributed by atoms with Crippen LogP contribution in [0.25, 0.3) is 0 Å². The highest BCUT2D eigenvalue weighted by Gasteiger charge is 2.12. The maximum absolute atomic E-state index is 11.9. The average Bonchev–Trinajstić information content (AvgIpc) is 2.68. The van der Waals surface area contributed by atoms with Crippen LogP contribution in [-0.4, -0.2) is 68.4 Å². The van der Waals surface area contributed by atoms with Crippen LogP contribution in [0.4, 0.5) is 10.6 Å². The molecular weight excluding hydrogens is 318 g/mol. The number of nitrogens with zero attached hydrogens (tertiary/aromatic N) is 3. The molecule has 1 aromatic rings. The monoisotopic (exact) mass is 347 g/mol. The summed E-state index contributed by atoms with van der Waals surface area (Å²) in [6.45, 7) is 7.70. The van der Waals surface area contributed by atoms with E-state index in [-0.39, 0.29) is 6.03 Å². The van der Waals surface area contributed by atoms with Crippen LogP contribution in [0, 0.1) is 0 Å². The number of anilines is 1. The van der Waals surface area contributed by atoms with Crippen molar-refractivity contribution in [3.8, 4) is 0 Å². The highest BCUT2D eigenvalue weighted by molar-refractivity contribution is 5.73. The second kappa shape index (κ2) is 9.58. The van der Waals surface area contributed by atoms with E-state index < -0.39 is 0 Å². The number of pyridine rings is 1. The number of morpholine rings is 1. The molecule has 0 unspecified atom stereocenters. The number of amides is 2. The Morgan fingerprint density at radius 2 is 1.88 bits per heavy atom. The molecule has 0 aromatic carbocycles. The Labute approximate surface area is 149 Å². The lowest BCUT2D eigenvalue weighted by molar-refractivity contribution is 0.122. The summed E-state index contributed by atoms with van der Waals surface area (Å²) in [5.41, 5.74) is 1.00. The molecule has 2 aliphatic heterocycles. The van der Waals surface area contributed by atoms with E-state index in [9.17, 15) is 4.79 Å². The van der Waals surface area contributed by atoms with Crippen LogP contribution < -0.4 is 15.5 Å². The van der Waals surface area contributed by atoms with Gasteiger partial charge in [-0.2, -0.15) is 0 Å². The predicted octanol–water partition coefficient (Wildman–Crippen LogP) is 1.20. The zero-order valence-corrected chi connectivity index (χ0v) is 14.9. The van der Waals surface area contributed by atoms with E-state index >= 15 is 0 Å². The lowest BCUT2D eigenvalue weighted by Crippen LogP contribution is -2.41. The minimum Gasteiger partial charge on any atom is -0.378 e. The minimum atomic E-state index is -0.116. The van der Waals surface area contributed by atoms with Crippen molar-refractivity contribution in [3.63, 3.8) is 0 Å². The number of nitrogens with one attached hydrogen (secondary N) is 2. The first kappa shape index (κ1) is 17.9. The third-order valence-electron chi connectivity index (χ3n) is 4.76. The zero-order valence-electron chi connectivity index (χ0n) is 14.9. The third-order valence-corrected chi connectivity index (χ3v) is 4.76. The first-order valence-corrected chi connectivity index (χ1v) is 9.33. The highest BCUT2D eigenvalue weighted by atomic mass is 16.5. The van der Waals surface area contributed by atoms with Crippen molar-refractivity contribution in [2.24, 2.45) is 0 Å². The van der Waals surface area contributed by atoms with Gasteiger partial charge in [0, 0.05) is 38.9 Å². The first-order valence-electron chi connectivity index (χ1n) is 9.33. The van der Waals surface area contributed by atoms with Crippen LogP contribution in [-0.2, 0) is 11.3 Å². The fourth-order valence-electron chi connectivity index (χ4n) is 3.26. The molecule has 0 atom stereocenters. The zero-order chi connectivity index (χ0) is 17.3. The number of urea groups is 1. The van der Waals surface area contributed by atoms with Crippen molar-refractivity contribution in [1.82, 2.24) is 20.5 Å². The Morgan fingerprint density at radius 3 is 2.60 bits per heavy atom. The maximum Gasteiger partial charge on any atom is 0.315 e. The molecule has 2 N–H and O–H groups in total. The predicted molar refractivity (Wildman–Crippen MR) is 97.8 cm³/mol. The first-order chi connectivity index (χ1) is 12.3. The van der Waals surface area contributed by atoms with Gasteiger partial charge in [-0.25, -0.2) is 9.78 Å². The van der Waals surface area contributed by atoms with E-state index in [1.165, 1.54) is 19.3 Å². The number of hydrogen-bond donors (Lipinski definition) is 2. The van der Waals surface area contributed by atoms with Crippen molar-refractivity contribution >= 4 is 11.8 Å². The summed E-state index contributed by atoms with van der Waals surface area (Å²) < 4.78 is 5.35. The van der Waals surface area contributed by atoms with Gasteiger partial charge in [-0.3, -0.25) is 0 Å². The fraction of sp³-hybridized carbons (Fsp3) is 0.667. The number of piperidine rings is 1. The van der Waals surface area contributed by atoms with E-state index in [1.807, 2.05) is 18.3 Å². The molecule has 7 nitrogen and oxygen atoms in total. The standard InChI is InChI=1S/C18H29N5O2/c24-18(19-6-9-22-7-2-1-3-8-22)21-15-16-4-5-17(20-14-16)23-10-12-25-13-11-23/h4-5,14H,1-3,6-13,15H2,(H2,19,21,24). The van der Waals surface area contributed by atoms with Gasteiger partial charge in [0.25, 0.3) is 0 Å². The largest absolute Gasteiger partial charge is 0.378 e. The summed E-state index contributed by atoms with van der Waals surface area (Å²) in [5, 5.41) is 5.82. The molecule has 0 radical (unpaired) electrons. The van der Waals surface area contributed by atoms with Crippen molar-refractivity contribution in [3.05, 3.63) is 23.9 Å². The number of rotatable bonds is 6. The number of ether oxygens (including phenoxy) is 1. The summed E-state index contributed by atoms with van der Waals surface area (Å²) in [7, 11) is 0. The number of aromatic nitrogens is 1. The van der Waals surface area contributed by atoms with Gasteiger partial charge in [0.1, 0.15) is 5.82 Å². The van der Waals surface area contributed by atoms with E-state index in [0.717, 1.165) is 57.3 Å². The Morgan fingerprint density at radius 1 is 1.08 bits per heavy atom. The van der Waals surface area contributed by atoms with Gasteiger partial charge in [0.05, 0.1) is 13.2 Å². The van der Waals surface area contributed by atoms with Gasteiger partial charge in [0.15, 0.2) is 0 Å². The Balaban J connectivity index is 1.34.